The van der Waals surface area contributed by atoms with Crippen LogP contribution in [0.5, 0.6) is 5.75 Å². The maximum absolute atomic E-state index is 14.0. The molecule has 0 amide bonds. The van der Waals surface area contributed by atoms with Crippen molar-refractivity contribution in [1.82, 2.24) is 19.4 Å². The highest BCUT2D eigenvalue weighted by Crippen LogP contribution is 2.27. The molecule has 4 aromatic rings. The molecule has 0 spiro atoms. The Morgan fingerprint density at radius 1 is 1.19 bits per heavy atom. The highest BCUT2D eigenvalue weighted by atomic mass is 19.1. The van der Waals surface area contributed by atoms with Crippen LogP contribution >= 0.6 is 0 Å². The smallest absolute Gasteiger partial charge is 0.259 e. The number of pyridine rings is 2. The fourth-order valence-electron chi connectivity index (χ4n) is 4.33. The number of hydrogen-bond donors (Lipinski definition) is 1. The summed E-state index contributed by atoms with van der Waals surface area (Å²) < 4.78 is 23.3. The number of aryl methyl sites for hydroxylation is 2. The topological polar surface area (TPSA) is 61.1 Å². The molecule has 0 radical (unpaired) electrons. The van der Waals surface area contributed by atoms with E-state index >= 15 is 0 Å². The van der Waals surface area contributed by atoms with Crippen LogP contribution in [-0.2, 0) is 26.6 Å². The standard InChI is InChI=1S/C25H25FN4O2/c1-16-5-6-17(21(26)12-16)15-32-18-9-11-30(24(31)13-18)23-8-7-19-20-14-27-10-3-4-22(20)29(2)25(19)28-23/h5-9,11-13,27H,3-4,10,14-15H2,1-2H3. The van der Waals surface area contributed by atoms with Gasteiger partial charge in [-0.2, -0.15) is 0 Å². The number of halogens is 1. The lowest BCUT2D eigenvalue weighted by Crippen LogP contribution is -2.18. The van der Waals surface area contributed by atoms with E-state index in [1.165, 1.54) is 28.0 Å². The Labute approximate surface area is 185 Å². The summed E-state index contributed by atoms with van der Waals surface area (Å²) in [5, 5.41) is 4.59. The number of ether oxygens (including phenoxy) is 1. The minimum absolute atomic E-state index is 0.0582. The maximum atomic E-state index is 14.0. The van der Waals surface area contributed by atoms with Crippen molar-refractivity contribution in [2.24, 2.45) is 7.05 Å². The van der Waals surface area contributed by atoms with E-state index in [2.05, 4.69) is 9.88 Å². The normalized spacial score (nSPS) is 13.7. The summed E-state index contributed by atoms with van der Waals surface area (Å²) >= 11 is 0. The SMILES string of the molecule is Cc1ccc(COc2ccn(-c3ccc4c5c(n(C)c4n3)CCCNC5)c(=O)c2)c(F)c1. The number of aromatic nitrogens is 3. The average molecular weight is 432 g/mol. The van der Waals surface area contributed by atoms with Crippen LogP contribution in [0.1, 0.15) is 28.8 Å². The Bertz CT molecular complexity index is 1370. The molecule has 6 nitrogen and oxygen atoms in total. The Morgan fingerprint density at radius 3 is 2.88 bits per heavy atom. The lowest BCUT2D eigenvalue weighted by Gasteiger charge is -2.10. The molecule has 0 bridgehead atoms. The van der Waals surface area contributed by atoms with Gasteiger partial charge in [0.05, 0.1) is 0 Å². The molecular weight excluding hydrogens is 407 g/mol. The second-order valence-corrected chi connectivity index (χ2v) is 8.26. The molecule has 164 valence electrons. The third-order valence-corrected chi connectivity index (χ3v) is 6.07. The fraction of sp³-hybridized carbons (Fsp3) is 0.280. The monoisotopic (exact) mass is 432 g/mol. The van der Waals surface area contributed by atoms with Crippen LogP contribution in [0.15, 0.2) is 53.5 Å². The lowest BCUT2D eigenvalue weighted by molar-refractivity contribution is 0.299. The van der Waals surface area contributed by atoms with Gasteiger partial charge in [-0.05, 0) is 61.7 Å². The first-order chi connectivity index (χ1) is 15.5. The van der Waals surface area contributed by atoms with Gasteiger partial charge in [0.2, 0.25) is 0 Å². The molecule has 0 aliphatic carbocycles. The van der Waals surface area contributed by atoms with E-state index in [0.717, 1.165) is 42.5 Å². The van der Waals surface area contributed by atoms with Crippen molar-refractivity contribution in [3.63, 3.8) is 0 Å². The average Bonchev–Trinajstić information content (AvgIpc) is 2.93. The molecule has 5 rings (SSSR count). The Morgan fingerprint density at radius 2 is 2.06 bits per heavy atom. The van der Waals surface area contributed by atoms with Gasteiger partial charge in [0.1, 0.15) is 29.6 Å². The number of benzene rings is 1. The predicted molar refractivity (Wildman–Crippen MR) is 122 cm³/mol. The van der Waals surface area contributed by atoms with E-state index in [1.807, 2.05) is 32.2 Å². The third-order valence-electron chi connectivity index (χ3n) is 6.07. The number of rotatable bonds is 4. The summed E-state index contributed by atoms with van der Waals surface area (Å²) in [6.07, 6.45) is 3.75. The molecule has 1 aliphatic heterocycles. The third kappa shape index (κ3) is 3.69. The first-order valence-electron chi connectivity index (χ1n) is 10.8. The molecular formula is C25H25FN4O2. The molecule has 32 heavy (non-hydrogen) atoms. The molecule has 1 aromatic carbocycles. The van der Waals surface area contributed by atoms with Crippen LogP contribution in [-0.4, -0.2) is 20.7 Å². The largest absolute Gasteiger partial charge is 0.489 e. The second kappa shape index (κ2) is 8.24. The van der Waals surface area contributed by atoms with Crippen molar-refractivity contribution in [3.05, 3.63) is 87.2 Å². The van der Waals surface area contributed by atoms with E-state index in [0.29, 0.717) is 17.1 Å². The van der Waals surface area contributed by atoms with Gasteiger partial charge in [0.25, 0.3) is 5.56 Å². The molecule has 0 unspecified atom stereocenters. The van der Waals surface area contributed by atoms with Crippen LogP contribution in [0.3, 0.4) is 0 Å². The highest BCUT2D eigenvalue weighted by molar-refractivity contribution is 5.83. The Hall–Kier alpha value is -3.45. The summed E-state index contributed by atoms with van der Waals surface area (Å²) in [5.41, 5.74) is 4.51. The molecule has 3 aromatic heterocycles. The van der Waals surface area contributed by atoms with Crippen molar-refractivity contribution in [3.8, 4) is 11.6 Å². The maximum Gasteiger partial charge on any atom is 0.259 e. The minimum atomic E-state index is -0.313. The van der Waals surface area contributed by atoms with Gasteiger partial charge in [0, 0.05) is 42.5 Å². The van der Waals surface area contributed by atoms with Gasteiger partial charge in [-0.3, -0.25) is 9.36 Å². The predicted octanol–water partition coefficient (Wildman–Crippen LogP) is 3.79. The lowest BCUT2D eigenvalue weighted by atomic mass is 10.1. The van der Waals surface area contributed by atoms with Crippen molar-refractivity contribution < 1.29 is 9.13 Å². The number of hydrogen-bond acceptors (Lipinski definition) is 4. The summed E-state index contributed by atoms with van der Waals surface area (Å²) in [5.74, 6) is 0.637. The van der Waals surface area contributed by atoms with Crippen molar-refractivity contribution in [1.29, 1.82) is 0 Å². The van der Waals surface area contributed by atoms with E-state index < -0.39 is 0 Å². The number of fused-ring (bicyclic) bond motifs is 3. The van der Waals surface area contributed by atoms with Crippen molar-refractivity contribution in [2.75, 3.05) is 6.54 Å². The zero-order valence-corrected chi connectivity index (χ0v) is 18.2. The molecule has 0 fully saturated rings. The van der Waals surface area contributed by atoms with Crippen LogP contribution in [0, 0.1) is 12.7 Å². The zero-order chi connectivity index (χ0) is 22.2. The van der Waals surface area contributed by atoms with E-state index in [4.69, 9.17) is 9.72 Å². The minimum Gasteiger partial charge on any atom is -0.489 e. The molecule has 0 saturated heterocycles. The molecule has 0 saturated carbocycles. The number of nitrogens with one attached hydrogen (secondary N) is 1. The van der Waals surface area contributed by atoms with Gasteiger partial charge in [-0.15, -0.1) is 0 Å². The van der Waals surface area contributed by atoms with Gasteiger partial charge in [0.15, 0.2) is 0 Å². The van der Waals surface area contributed by atoms with Gasteiger partial charge in [-0.25, -0.2) is 9.37 Å². The molecule has 7 heteroatoms. The first kappa shape index (κ1) is 20.5. The summed E-state index contributed by atoms with van der Waals surface area (Å²) in [6, 6.07) is 12.0. The quantitative estimate of drug-likeness (QED) is 0.533. The summed E-state index contributed by atoms with van der Waals surface area (Å²) in [7, 11) is 2.03. The van der Waals surface area contributed by atoms with Gasteiger partial charge < -0.3 is 14.6 Å². The van der Waals surface area contributed by atoms with Crippen LogP contribution in [0.25, 0.3) is 16.9 Å². The molecule has 1 aliphatic rings. The summed E-state index contributed by atoms with van der Waals surface area (Å²) in [4.78, 5) is 17.6. The second-order valence-electron chi connectivity index (χ2n) is 8.26. The van der Waals surface area contributed by atoms with Gasteiger partial charge in [-0.1, -0.05) is 12.1 Å². The van der Waals surface area contributed by atoms with E-state index in [-0.39, 0.29) is 18.0 Å². The molecule has 4 heterocycles. The van der Waals surface area contributed by atoms with Crippen molar-refractivity contribution in [2.45, 2.75) is 32.9 Å². The fourth-order valence-corrected chi connectivity index (χ4v) is 4.33. The van der Waals surface area contributed by atoms with Crippen LogP contribution in [0.4, 0.5) is 4.39 Å². The van der Waals surface area contributed by atoms with Crippen LogP contribution < -0.4 is 15.6 Å². The molecule has 0 atom stereocenters. The first-order valence-corrected chi connectivity index (χ1v) is 10.8. The molecule has 1 N–H and O–H groups in total. The summed E-state index contributed by atoms with van der Waals surface area (Å²) in [6.45, 7) is 3.74. The zero-order valence-electron chi connectivity index (χ0n) is 18.2. The van der Waals surface area contributed by atoms with E-state index in [9.17, 15) is 9.18 Å². The van der Waals surface area contributed by atoms with Gasteiger partial charge >= 0.3 is 0 Å². The number of nitrogens with zero attached hydrogens (tertiary/aromatic N) is 3. The van der Waals surface area contributed by atoms with E-state index in [1.54, 1.807) is 18.3 Å². The van der Waals surface area contributed by atoms with Crippen molar-refractivity contribution >= 4 is 11.0 Å². The Kier molecular flexibility index (Phi) is 5.27. The Balaban J connectivity index is 1.42. The van der Waals surface area contributed by atoms with Crippen LogP contribution in [0.2, 0.25) is 0 Å². The highest BCUT2D eigenvalue weighted by Gasteiger charge is 2.18.